The summed E-state index contributed by atoms with van der Waals surface area (Å²) in [7, 11) is 3.43. The predicted octanol–water partition coefficient (Wildman–Crippen LogP) is 2.47. The Balaban J connectivity index is 2.59. The van der Waals surface area contributed by atoms with Crippen LogP contribution in [0.3, 0.4) is 0 Å². The molecule has 0 amide bonds. The van der Waals surface area contributed by atoms with E-state index in [0.29, 0.717) is 17.3 Å². The SMILES string of the molecule is COc1cccc(-c2cnn(C)c2N)c1OC(C)C. The van der Waals surface area contributed by atoms with E-state index in [1.807, 2.05) is 39.1 Å². The van der Waals surface area contributed by atoms with Gasteiger partial charge >= 0.3 is 0 Å². The molecule has 0 spiro atoms. The fourth-order valence-corrected chi connectivity index (χ4v) is 1.90. The van der Waals surface area contributed by atoms with Crippen molar-refractivity contribution >= 4 is 5.82 Å². The number of aryl methyl sites for hydroxylation is 1. The van der Waals surface area contributed by atoms with Crippen molar-refractivity contribution in [3.8, 4) is 22.6 Å². The van der Waals surface area contributed by atoms with E-state index < -0.39 is 0 Å². The van der Waals surface area contributed by atoms with Crippen molar-refractivity contribution in [2.75, 3.05) is 12.8 Å². The standard InChI is InChI=1S/C14H19N3O2/c1-9(2)19-13-10(6-5-7-12(13)18-4)11-8-16-17(3)14(11)15/h5-9H,15H2,1-4H3. The fourth-order valence-electron chi connectivity index (χ4n) is 1.90. The first kappa shape index (κ1) is 13.3. The van der Waals surface area contributed by atoms with Crippen LogP contribution in [0.5, 0.6) is 11.5 Å². The van der Waals surface area contributed by atoms with Gasteiger partial charge in [-0.25, -0.2) is 0 Å². The molecule has 19 heavy (non-hydrogen) atoms. The second-order valence-electron chi connectivity index (χ2n) is 4.57. The van der Waals surface area contributed by atoms with Gasteiger partial charge in [0.2, 0.25) is 0 Å². The number of methoxy groups -OCH3 is 1. The van der Waals surface area contributed by atoms with Crippen molar-refractivity contribution in [1.82, 2.24) is 9.78 Å². The summed E-state index contributed by atoms with van der Waals surface area (Å²) in [4.78, 5) is 0. The molecule has 2 N–H and O–H groups in total. The van der Waals surface area contributed by atoms with E-state index in [1.165, 1.54) is 0 Å². The summed E-state index contributed by atoms with van der Waals surface area (Å²) < 4.78 is 12.9. The molecule has 0 bridgehead atoms. The monoisotopic (exact) mass is 261 g/mol. The van der Waals surface area contributed by atoms with Gasteiger partial charge in [0, 0.05) is 18.2 Å². The lowest BCUT2D eigenvalue weighted by Gasteiger charge is -2.17. The Kier molecular flexibility index (Phi) is 3.64. The minimum Gasteiger partial charge on any atom is -0.493 e. The van der Waals surface area contributed by atoms with Crippen LogP contribution in [0.1, 0.15) is 13.8 Å². The molecule has 1 aromatic carbocycles. The summed E-state index contributed by atoms with van der Waals surface area (Å²) in [6.07, 6.45) is 1.78. The molecule has 0 unspecified atom stereocenters. The molecular formula is C14H19N3O2. The van der Waals surface area contributed by atoms with Crippen LogP contribution in [0.15, 0.2) is 24.4 Å². The van der Waals surface area contributed by atoms with Gasteiger partial charge in [0.25, 0.3) is 0 Å². The Labute approximate surface area is 112 Å². The largest absolute Gasteiger partial charge is 0.493 e. The molecule has 0 aliphatic carbocycles. The number of nitrogen functional groups attached to an aromatic ring is 1. The first-order valence-electron chi connectivity index (χ1n) is 6.16. The van der Waals surface area contributed by atoms with Crippen LogP contribution in [-0.2, 0) is 7.05 Å². The van der Waals surface area contributed by atoms with Crippen LogP contribution in [0, 0.1) is 0 Å². The number of rotatable bonds is 4. The molecule has 1 aromatic heterocycles. The van der Waals surface area contributed by atoms with Crippen molar-refractivity contribution < 1.29 is 9.47 Å². The molecular weight excluding hydrogens is 242 g/mol. The van der Waals surface area contributed by atoms with E-state index in [-0.39, 0.29) is 6.10 Å². The zero-order chi connectivity index (χ0) is 14.0. The summed E-state index contributed by atoms with van der Waals surface area (Å²) in [5.41, 5.74) is 7.76. The van der Waals surface area contributed by atoms with Gasteiger partial charge in [-0.2, -0.15) is 5.10 Å². The van der Waals surface area contributed by atoms with Crippen LogP contribution in [0.4, 0.5) is 5.82 Å². The van der Waals surface area contributed by atoms with Gasteiger partial charge < -0.3 is 15.2 Å². The summed E-state index contributed by atoms with van der Waals surface area (Å²) >= 11 is 0. The number of ether oxygens (including phenoxy) is 2. The Bertz CT molecular complexity index is 576. The molecule has 0 saturated carbocycles. The highest BCUT2D eigenvalue weighted by molar-refractivity contribution is 5.80. The number of aromatic nitrogens is 2. The molecule has 2 aromatic rings. The third-order valence-electron chi connectivity index (χ3n) is 2.83. The number of para-hydroxylation sites is 1. The van der Waals surface area contributed by atoms with Gasteiger partial charge in [-0.15, -0.1) is 0 Å². The van der Waals surface area contributed by atoms with E-state index >= 15 is 0 Å². The first-order valence-corrected chi connectivity index (χ1v) is 6.16. The number of anilines is 1. The number of benzene rings is 1. The topological polar surface area (TPSA) is 62.3 Å². The van der Waals surface area contributed by atoms with Crippen molar-refractivity contribution in [2.24, 2.45) is 7.05 Å². The lowest BCUT2D eigenvalue weighted by molar-refractivity contribution is 0.231. The van der Waals surface area contributed by atoms with Gasteiger partial charge in [0.05, 0.1) is 19.4 Å². The smallest absolute Gasteiger partial charge is 0.169 e. The zero-order valence-corrected chi connectivity index (χ0v) is 11.7. The highest BCUT2D eigenvalue weighted by atomic mass is 16.5. The Morgan fingerprint density at radius 3 is 2.53 bits per heavy atom. The van der Waals surface area contributed by atoms with Crippen LogP contribution in [0.2, 0.25) is 0 Å². The summed E-state index contributed by atoms with van der Waals surface area (Å²) in [6.45, 7) is 3.95. The van der Waals surface area contributed by atoms with Crippen LogP contribution < -0.4 is 15.2 Å². The number of nitrogens with two attached hydrogens (primary N) is 1. The normalized spacial score (nSPS) is 10.8. The molecule has 1 heterocycles. The molecule has 102 valence electrons. The fraction of sp³-hybridized carbons (Fsp3) is 0.357. The lowest BCUT2D eigenvalue weighted by Crippen LogP contribution is -2.08. The molecule has 0 fully saturated rings. The van der Waals surface area contributed by atoms with Crippen molar-refractivity contribution in [2.45, 2.75) is 20.0 Å². The van der Waals surface area contributed by atoms with E-state index in [0.717, 1.165) is 11.1 Å². The second-order valence-corrected chi connectivity index (χ2v) is 4.57. The van der Waals surface area contributed by atoms with Crippen molar-refractivity contribution in [3.63, 3.8) is 0 Å². The van der Waals surface area contributed by atoms with Gasteiger partial charge in [-0.05, 0) is 19.9 Å². The van der Waals surface area contributed by atoms with Crippen molar-refractivity contribution in [1.29, 1.82) is 0 Å². The zero-order valence-electron chi connectivity index (χ0n) is 11.7. The maximum Gasteiger partial charge on any atom is 0.169 e. The van der Waals surface area contributed by atoms with Crippen LogP contribution in [-0.4, -0.2) is 23.0 Å². The molecule has 0 aliphatic heterocycles. The van der Waals surface area contributed by atoms with E-state index in [4.69, 9.17) is 15.2 Å². The maximum atomic E-state index is 6.03. The highest BCUT2D eigenvalue weighted by Crippen LogP contribution is 2.40. The number of nitrogens with zero attached hydrogens (tertiary/aromatic N) is 2. The second kappa shape index (κ2) is 5.22. The van der Waals surface area contributed by atoms with Gasteiger partial charge in [0.15, 0.2) is 11.5 Å². The molecule has 2 rings (SSSR count). The summed E-state index contributed by atoms with van der Waals surface area (Å²) in [5, 5.41) is 4.16. The predicted molar refractivity (Wildman–Crippen MR) is 75.4 cm³/mol. The summed E-state index contributed by atoms with van der Waals surface area (Å²) in [5.74, 6) is 1.98. The average molecular weight is 261 g/mol. The molecule has 0 saturated heterocycles. The Morgan fingerprint density at radius 2 is 2.00 bits per heavy atom. The first-order chi connectivity index (χ1) is 9.04. The quantitative estimate of drug-likeness (QED) is 0.918. The molecule has 5 nitrogen and oxygen atoms in total. The number of hydrogen-bond donors (Lipinski definition) is 1. The highest BCUT2D eigenvalue weighted by Gasteiger charge is 2.17. The molecule has 0 atom stereocenters. The third kappa shape index (κ3) is 2.50. The maximum absolute atomic E-state index is 6.03. The van der Waals surface area contributed by atoms with Gasteiger partial charge in [-0.1, -0.05) is 12.1 Å². The average Bonchev–Trinajstić information content (AvgIpc) is 2.70. The van der Waals surface area contributed by atoms with Gasteiger partial charge in [0.1, 0.15) is 5.82 Å². The molecule has 0 aliphatic rings. The minimum atomic E-state index is 0.0490. The Hall–Kier alpha value is -2.17. The minimum absolute atomic E-state index is 0.0490. The number of hydrogen-bond acceptors (Lipinski definition) is 4. The van der Waals surface area contributed by atoms with E-state index in [1.54, 1.807) is 18.0 Å². The third-order valence-corrected chi connectivity index (χ3v) is 2.83. The van der Waals surface area contributed by atoms with E-state index in [2.05, 4.69) is 5.10 Å². The van der Waals surface area contributed by atoms with Crippen molar-refractivity contribution in [3.05, 3.63) is 24.4 Å². The van der Waals surface area contributed by atoms with E-state index in [9.17, 15) is 0 Å². The molecule has 0 radical (unpaired) electrons. The van der Waals surface area contributed by atoms with Crippen LogP contribution in [0.25, 0.3) is 11.1 Å². The van der Waals surface area contributed by atoms with Crippen LogP contribution >= 0.6 is 0 Å². The lowest BCUT2D eigenvalue weighted by atomic mass is 10.1. The Morgan fingerprint density at radius 1 is 1.26 bits per heavy atom. The molecule has 5 heteroatoms. The van der Waals surface area contributed by atoms with Gasteiger partial charge in [-0.3, -0.25) is 4.68 Å². The summed E-state index contributed by atoms with van der Waals surface area (Å²) in [6, 6.07) is 5.73.